The van der Waals surface area contributed by atoms with Crippen LogP contribution in [0, 0.1) is 0 Å². The fraction of sp³-hybridized carbons (Fsp3) is 0.0714. The van der Waals surface area contributed by atoms with Gasteiger partial charge in [-0.2, -0.15) is 0 Å². The van der Waals surface area contributed by atoms with Crippen LogP contribution in [0.2, 0.25) is 5.02 Å². The highest BCUT2D eigenvalue weighted by molar-refractivity contribution is 6.30. The van der Waals surface area contributed by atoms with Gasteiger partial charge in [0.2, 0.25) is 5.91 Å². The van der Waals surface area contributed by atoms with E-state index in [-0.39, 0.29) is 0 Å². The topological polar surface area (TPSA) is 55.1 Å². The lowest BCUT2D eigenvalue weighted by molar-refractivity contribution is -0.118. The maximum absolute atomic E-state index is 11.5. The molecule has 0 fully saturated rings. The second kappa shape index (κ2) is 5.56. The number of anilines is 1. The lowest BCUT2D eigenvalue weighted by Crippen LogP contribution is -2.27. The first-order chi connectivity index (χ1) is 8.66. The second-order valence-electron chi connectivity index (χ2n) is 3.90. The highest BCUT2D eigenvalue weighted by Gasteiger charge is 2.17. The van der Waals surface area contributed by atoms with Crippen LogP contribution in [0.4, 0.5) is 5.69 Å². The number of primary amides is 1. The van der Waals surface area contributed by atoms with Crippen LogP contribution in [0.3, 0.4) is 0 Å². The number of hydrogen-bond acceptors (Lipinski definition) is 2. The van der Waals surface area contributed by atoms with Crippen LogP contribution in [0.25, 0.3) is 0 Å². The van der Waals surface area contributed by atoms with Gasteiger partial charge in [-0.05, 0) is 29.8 Å². The molecule has 2 aromatic rings. The average molecular weight is 261 g/mol. The molecular weight excluding hydrogens is 248 g/mol. The number of amides is 1. The van der Waals surface area contributed by atoms with E-state index in [1.54, 1.807) is 24.3 Å². The van der Waals surface area contributed by atoms with Gasteiger partial charge in [0.15, 0.2) is 0 Å². The van der Waals surface area contributed by atoms with Gasteiger partial charge in [0.05, 0.1) is 0 Å². The quantitative estimate of drug-likeness (QED) is 0.888. The SMILES string of the molecule is NC(=O)[C@@H](Nc1ccccc1)c1ccc(Cl)cc1. The number of halogens is 1. The molecule has 0 aliphatic rings. The Bertz CT molecular complexity index is 525. The molecule has 0 saturated carbocycles. The summed E-state index contributed by atoms with van der Waals surface area (Å²) in [4.78, 5) is 11.5. The fourth-order valence-electron chi connectivity index (χ4n) is 1.68. The Morgan fingerprint density at radius 2 is 1.67 bits per heavy atom. The van der Waals surface area contributed by atoms with E-state index in [9.17, 15) is 4.79 Å². The highest BCUT2D eigenvalue weighted by atomic mass is 35.5. The molecule has 0 heterocycles. The van der Waals surface area contributed by atoms with Crippen LogP contribution in [-0.4, -0.2) is 5.91 Å². The normalized spacial score (nSPS) is 11.8. The average Bonchev–Trinajstić information content (AvgIpc) is 2.38. The Balaban J connectivity index is 2.24. The van der Waals surface area contributed by atoms with Crippen molar-refractivity contribution >= 4 is 23.2 Å². The van der Waals surface area contributed by atoms with E-state index in [0.717, 1.165) is 11.3 Å². The van der Waals surface area contributed by atoms with Gasteiger partial charge < -0.3 is 11.1 Å². The number of nitrogens with one attached hydrogen (secondary N) is 1. The van der Waals surface area contributed by atoms with Crippen molar-refractivity contribution in [2.45, 2.75) is 6.04 Å². The summed E-state index contributed by atoms with van der Waals surface area (Å²) in [7, 11) is 0. The minimum absolute atomic E-state index is 0.429. The van der Waals surface area contributed by atoms with Crippen molar-refractivity contribution in [1.82, 2.24) is 0 Å². The molecule has 0 bridgehead atoms. The van der Waals surface area contributed by atoms with E-state index in [2.05, 4.69) is 5.32 Å². The molecule has 0 aliphatic heterocycles. The van der Waals surface area contributed by atoms with Gasteiger partial charge in [0.1, 0.15) is 6.04 Å². The van der Waals surface area contributed by atoms with Crippen molar-refractivity contribution < 1.29 is 4.79 Å². The van der Waals surface area contributed by atoms with Crippen LogP contribution in [0.1, 0.15) is 11.6 Å². The third-order valence-corrected chi connectivity index (χ3v) is 2.82. The molecule has 3 nitrogen and oxygen atoms in total. The summed E-state index contributed by atoms with van der Waals surface area (Å²) in [6.07, 6.45) is 0. The van der Waals surface area contributed by atoms with Crippen LogP contribution >= 0.6 is 11.6 Å². The molecule has 4 heteroatoms. The first-order valence-electron chi connectivity index (χ1n) is 5.53. The Morgan fingerprint density at radius 1 is 1.06 bits per heavy atom. The van der Waals surface area contributed by atoms with E-state index in [1.165, 1.54) is 0 Å². The molecule has 0 unspecified atom stereocenters. The third kappa shape index (κ3) is 3.02. The first kappa shape index (κ1) is 12.5. The molecule has 0 aliphatic carbocycles. The maximum atomic E-state index is 11.5. The molecule has 0 aromatic heterocycles. The number of para-hydroxylation sites is 1. The molecule has 2 rings (SSSR count). The van der Waals surface area contributed by atoms with Crippen molar-refractivity contribution in [3.8, 4) is 0 Å². The van der Waals surface area contributed by atoms with Gasteiger partial charge in [-0.1, -0.05) is 41.9 Å². The zero-order chi connectivity index (χ0) is 13.0. The van der Waals surface area contributed by atoms with Crippen molar-refractivity contribution in [1.29, 1.82) is 0 Å². The Labute approximate surface area is 111 Å². The lowest BCUT2D eigenvalue weighted by atomic mass is 10.1. The van der Waals surface area contributed by atoms with E-state index in [0.29, 0.717) is 5.02 Å². The third-order valence-electron chi connectivity index (χ3n) is 2.57. The summed E-state index contributed by atoms with van der Waals surface area (Å²) in [6, 6.07) is 15.9. The Hall–Kier alpha value is -2.00. The number of carbonyl (C=O) groups excluding carboxylic acids is 1. The maximum Gasteiger partial charge on any atom is 0.244 e. The number of nitrogens with two attached hydrogens (primary N) is 1. The van der Waals surface area contributed by atoms with E-state index in [1.807, 2.05) is 30.3 Å². The smallest absolute Gasteiger partial charge is 0.244 e. The predicted molar refractivity (Wildman–Crippen MR) is 73.5 cm³/mol. The van der Waals surface area contributed by atoms with Crippen molar-refractivity contribution in [2.24, 2.45) is 5.73 Å². The summed E-state index contributed by atoms with van der Waals surface area (Å²) in [5.74, 6) is -0.429. The first-order valence-corrected chi connectivity index (χ1v) is 5.91. The molecule has 2 aromatic carbocycles. The Morgan fingerprint density at radius 3 is 2.22 bits per heavy atom. The van der Waals surface area contributed by atoms with Crippen molar-refractivity contribution in [3.05, 3.63) is 65.2 Å². The molecule has 0 saturated heterocycles. The highest BCUT2D eigenvalue weighted by Crippen LogP contribution is 2.21. The van der Waals surface area contributed by atoms with Gasteiger partial charge >= 0.3 is 0 Å². The fourth-order valence-corrected chi connectivity index (χ4v) is 1.80. The van der Waals surface area contributed by atoms with Crippen molar-refractivity contribution in [2.75, 3.05) is 5.32 Å². The van der Waals surface area contributed by atoms with Gasteiger partial charge in [0, 0.05) is 10.7 Å². The predicted octanol–water partition coefficient (Wildman–Crippen LogP) is 2.98. The van der Waals surface area contributed by atoms with Crippen LogP contribution in [-0.2, 0) is 4.79 Å². The van der Waals surface area contributed by atoms with Crippen LogP contribution < -0.4 is 11.1 Å². The molecule has 3 N–H and O–H groups in total. The monoisotopic (exact) mass is 260 g/mol. The minimum atomic E-state index is -0.565. The zero-order valence-electron chi connectivity index (χ0n) is 9.64. The summed E-state index contributed by atoms with van der Waals surface area (Å²) < 4.78 is 0. The minimum Gasteiger partial charge on any atom is -0.370 e. The van der Waals surface area contributed by atoms with Crippen LogP contribution in [0.5, 0.6) is 0 Å². The van der Waals surface area contributed by atoms with Gasteiger partial charge in [-0.15, -0.1) is 0 Å². The molecule has 0 spiro atoms. The van der Waals surface area contributed by atoms with Crippen molar-refractivity contribution in [3.63, 3.8) is 0 Å². The summed E-state index contributed by atoms with van der Waals surface area (Å²) >= 11 is 5.82. The van der Waals surface area contributed by atoms with E-state index < -0.39 is 11.9 Å². The molecular formula is C14H13ClN2O. The van der Waals surface area contributed by atoms with E-state index in [4.69, 9.17) is 17.3 Å². The summed E-state index contributed by atoms with van der Waals surface area (Å²) in [5, 5.41) is 3.72. The van der Waals surface area contributed by atoms with Gasteiger partial charge in [-0.3, -0.25) is 4.79 Å². The molecule has 1 atom stereocenters. The zero-order valence-corrected chi connectivity index (χ0v) is 10.4. The largest absolute Gasteiger partial charge is 0.370 e. The number of carbonyl (C=O) groups is 1. The van der Waals surface area contributed by atoms with Crippen LogP contribution in [0.15, 0.2) is 54.6 Å². The van der Waals surface area contributed by atoms with Gasteiger partial charge in [0.25, 0.3) is 0 Å². The molecule has 1 amide bonds. The molecule has 0 radical (unpaired) electrons. The summed E-state index contributed by atoms with van der Waals surface area (Å²) in [6.45, 7) is 0. The number of hydrogen-bond donors (Lipinski definition) is 2. The second-order valence-corrected chi connectivity index (χ2v) is 4.33. The number of benzene rings is 2. The lowest BCUT2D eigenvalue weighted by Gasteiger charge is -2.17. The number of rotatable bonds is 4. The van der Waals surface area contributed by atoms with E-state index >= 15 is 0 Å². The Kier molecular flexibility index (Phi) is 3.85. The molecule has 92 valence electrons. The van der Waals surface area contributed by atoms with Gasteiger partial charge in [-0.25, -0.2) is 0 Å². The summed E-state index contributed by atoms with van der Waals surface area (Å²) in [5.41, 5.74) is 7.05. The molecule has 18 heavy (non-hydrogen) atoms. The standard InChI is InChI=1S/C14H13ClN2O/c15-11-8-6-10(7-9-11)13(14(16)18)17-12-4-2-1-3-5-12/h1-9,13,17H,(H2,16,18)/t13-/m0/s1.